The van der Waals surface area contributed by atoms with Crippen LogP contribution < -0.4 is 5.32 Å². The van der Waals surface area contributed by atoms with Gasteiger partial charge in [0.05, 0.1) is 11.5 Å². The number of hydrogen-bond donors (Lipinski definition) is 2. The maximum absolute atomic E-state index is 12.1. The number of amides is 1. The molecule has 4 nitrogen and oxygen atoms in total. The Hall–Kier alpha value is -1.62. The summed E-state index contributed by atoms with van der Waals surface area (Å²) in [6.45, 7) is 1.92. The lowest BCUT2D eigenvalue weighted by atomic mass is 10.1. The van der Waals surface area contributed by atoms with E-state index in [4.69, 9.17) is 5.11 Å². The molecule has 0 spiro atoms. The maximum atomic E-state index is 12.1. The lowest BCUT2D eigenvalue weighted by Crippen LogP contribution is -2.33. The van der Waals surface area contributed by atoms with Gasteiger partial charge in [-0.3, -0.25) is 9.59 Å². The lowest BCUT2D eigenvalue weighted by molar-refractivity contribution is -0.140. The van der Waals surface area contributed by atoms with Crippen molar-refractivity contribution in [2.75, 3.05) is 0 Å². The molecule has 19 heavy (non-hydrogen) atoms. The van der Waals surface area contributed by atoms with Gasteiger partial charge in [0, 0.05) is 10.5 Å². The van der Waals surface area contributed by atoms with E-state index in [1.165, 1.54) is 0 Å². The minimum Gasteiger partial charge on any atom is -0.481 e. The predicted octanol–water partition coefficient (Wildman–Crippen LogP) is 2.52. The van der Waals surface area contributed by atoms with Gasteiger partial charge in [0.25, 0.3) is 5.91 Å². The Kier molecular flexibility index (Phi) is 4.04. The molecule has 0 bridgehead atoms. The lowest BCUT2D eigenvalue weighted by Gasteiger charge is -2.13. The molecule has 0 fully saturated rings. The summed E-state index contributed by atoms with van der Waals surface area (Å²) in [6, 6.07) is 5.32. The van der Waals surface area contributed by atoms with Gasteiger partial charge in [-0.2, -0.15) is 0 Å². The first-order valence-corrected chi connectivity index (χ1v) is 6.75. The number of carboxylic acids is 1. The quantitative estimate of drug-likeness (QED) is 0.840. The van der Waals surface area contributed by atoms with E-state index in [1.54, 1.807) is 18.2 Å². The topological polar surface area (TPSA) is 66.4 Å². The van der Waals surface area contributed by atoms with Gasteiger partial charge in [0.2, 0.25) is 0 Å². The van der Waals surface area contributed by atoms with E-state index in [0.29, 0.717) is 12.0 Å². The SMILES string of the molecule is Cc1ccc(Br)c(C(=O)NC2C=CC(C(=O)O)C2)c1. The van der Waals surface area contributed by atoms with Crippen molar-refractivity contribution in [3.8, 4) is 0 Å². The number of rotatable bonds is 3. The van der Waals surface area contributed by atoms with Crippen molar-refractivity contribution in [3.63, 3.8) is 0 Å². The van der Waals surface area contributed by atoms with E-state index in [9.17, 15) is 9.59 Å². The minimum absolute atomic E-state index is 0.198. The smallest absolute Gasteiger partial charge is 0.310 e. The zero-order valence-electron chi connectivity index (χ0n) is 10.4. The minimum atomic E-state index is -0.857. The van der Waals surface area contributed by atoms with Gasteiger partial charge < -0.3 is 10.4 Å². The summed E-state index contributed by atoms with van der Waals surface area (Å²) in [5.41, 5.74) is 1.56. The highest BCUT2D eigenvalue weighted by Crippen LogP contribution is 2.21. The Morgan fingerprint density at radius 1 is 1.37 bits per heavy atom. The van der Waals surface area contributed by atoms with Gasteiger partial charge in [-0.25, -0.2) is 0 Å². The summed E-state index contributed by atoms with van der Waals surface area (Å²) in [5, 5.41) is 11.7. The Bertz CT molecular complexity index is 554. The number of aryl methyl sites for hydroxylation is 1. The van der Waals surface area contributed by atoms with Crippen molar-refractivity contribution in [2.45, 2.75) is 19.4 Å². The molecule has 0 saturated carbocycles. The summed E-state index contributed by atoms with van der Waals surface area (Å²) < 4.78 is 0.729. The van der Waals surface area contributed by atoms with Gasteiger partial charge in [-0.15, -0.1) is 0 Å². The highest BCUT2D eigenvalue weighted by Gasteiger charge is 2.25. The van der Waals surface area contributed by atoms with Gasteiger partial charge in [-0.1, -0.05) is 23.8 Å². The zero-order valence-corrected chi connectivity index (χ0v) is 12.0. The third-order valence-electron chi connectivity index (χ3n) is 3.08. The third kappa shape index (κ3) is 3.23. The molecule has 1 aliphatic rings. The van der Waals surface area contributed by atoms with E-state index in [1.807, 2.05) is 19.1 Å². The van der Waals surface area contributed by atoms with Crippen LogP contribution in [0.5, 0.6) is 0 Å². The van der Waals surface area contributed by atoms with Crippen LogP contribution in [-0.2, 0) is 4.79 Å². The van der Waals surface area contributed by atoms with Crippen LogP contribution in [0.25, 0.3) is 0 Å². The van der Waals surface area contributed by atoms with E-state index >= 15 is 0 Å². The molecular formula is C14H14BrNO3. The van der Waals surface area contributed by atoms with Crippen LogP contribution in [0.15, 0.2) is 34.8 Å². The predicted molar refractivity (Wildman–Crippen MR) is 75.0 cm³/mol. The number of carbonyl (C=O) groups excluding carboxylic acids is 1. The van der Waals surface area contributed by atoms with Crippen molar-refractivity contribution in [1.29, 1.82) is 0 Å². The summed E-state index contributed by atoms with van der Waals surface area (Å²) in [6.07, 6.45) is 3.77. The number of carbonyl (C=O) groups is 2. The zero-order chi connectivity index (χ0) is 14.0. The molecule has 100 valence electrons. The van der Waals surface area contributed by atoms with Crippen LogP contribution >= 0.6 is 15.9 Å². The van der Waals surface area contributed by atoms with Crippen LogP contribution in [0, 0.1) is 12.8 Å². The molecule has 2 atom stereocenters. The molecule has 0 aliphatic heterocycles. The number of hydrogen-bond acceptors (Lipinski definition) is 2. The Morgan fingerprint density at radius 3 is 2.74 bits per heavy atom. The first-order valence-electron chi connectivity index (χ1n) is 5.95. The second kappa shape index (κ2) is 5.57. The third-order valence-corrected chi connectivity index (χ3v) is 3.78. The summed E-state index contributed by atoms with van der Waals surface area (Å²) in [4.78, 5) is 23.0. The van der Waals surface area contributed by atoms with Crippen LogP contribution in [0.3, 0.4) is 0 Å². The van der Waals surface area contributed by atoms with Crippen molar-refractivity contribution in [1.82, 2.24) is 5.32 Å². The van der Waals surface area contributed by atoms with E-state index in [-0.39, 0.29) is 11.9 Å². The molecule has 2 unspecified atom stereocenters. The fourth-order valence-corrected chi connectivity index (χ4v) is 2.48. The highest BCUT2D eigenvalue weighted by atomic mass is 79.9. The normalized spacial score (nSPS) is 21.4. The molecule has 0 saturated heterocycles. The second-order valence-electron chi connectivity index (χ2n) is 4.63. The first-order chi connectivity index (χ1) is 8.97. The van der Waals surface area contributed by atoms with Crippen LogP contribution in [-0.4, -0.2) is 23.0 Å². The molecule has 0 heterocycles. The second-order valence-corrected chi connectivity index (χ2v) is 5.48. The summed E-state index contributed by atoms with van der Waals surface area (Å²) in [5.74, 6) is -1.56. The van der Waals surface area contributed by atoms with Crippen molar-refractivity contribution >= 4 is 27.8 Å². The largest absolute Gasteiger partial charge is 0.481 e. The molecule has 0 radical (unpaired) electrons. The Labute approximate surface area is 119 Å². The summed E-state index contributed by atoms with van der Waals surface area (Å²) >= 11 is 3.34. The van der Waals surface area contributed by atoms with Crippen molar-refractivity contribution in [2.24, 2.45) is 5.92 Å². The first kappa shape index (κ1) is 13.8. The molecule has 2 N–H and O–H groups in total. The average molecular weight is 324 g/mol. The molecule has 1 aromatic rings. The molecular weight excluding hydrogens is 310 g/mol. The Balaban J connectivity index is 2.05. The molecule has 2 rings (SSSR count). The number of aliphatic carboxylic acids is 1. The summed E-state index contributed by atoms with van der Waals surface area (Å²) in [7, 11) is 0. The number of benzene rings is 1. The van der Waals surface area contributed by atoms with Crippen LogP contribution in [0.2, 0.25) is 0 Å². The van der Waals surface area contributed by atoms with Gasteiger partial charge in [0.1, 0.15) is 0 Å². The van der Waals surface area contributed by atoms with Gasteiger partial charge >= 0.3 is 5.97 Å². The standard InChI is InChI=1S/C14H14BrNO3/c1-8-2-5-12(15)11(6-8)13(17)16-10-4-3-9(7-10)14(18)19/h2-6,9-10H,7H2,1H3,(H,16,17)(H,18,19). The number of carboxylic acid groups (broad SMARTS) is 1. The number of halogens is 1. The van der Waals surface area contributed by atoms with E-state index in [2.05, 4.69) is 21.2 Å². The fourth-order valence-electron chi connectivity index (χ4n) is 2.05. The number of nitrogens with one attached hydrogen (secondary N) is 1. The molecule has 1 amide bonds. The van der Waals surface area contributed by atoms with Crippen LogP contribution in [0.4, 0.5) is 0 Å². The molecule has 5 heteroatoms. The van der Waals surface area contributed by atoms with Gasteiger partial charge in [0.15, 0.2) is 0 Å². The van der Waals surface area contributed by atoms with Crippen molar-refractivity contribution < 1.29 is 14.7 Å². The highest BCUT2D eigenvalue weighted by molar-refractivity contribution is 9.10. The van der Waals surface area contributed by atoms with E-state index < -0.39 is 11.9 Å². The Morgan fingerprint density at radius 2 is 2.11 bits per heavy atom. The molecule has 0 aromatic heterocycles. The van der Waals surface area contributed by atoms with E-state index in [0.717, 1.165) is 10.0 Å². The average Bonchev–Trinajstić information content (AvgIpc) is 2.80. The fraction of sp³-hybridized carbons (Fsp3) is 0.286. The van der Waals surface area contributed by atoms with Crippen molar-refractivity contribution in [3.05, 3.63) is 46.0 Å². The maximum Gasteiger partial charge on any atom is 0.310 e. The molecule has 1 aliphatic carbocycles. The monoisotopic (exact) mass is 323 g/mol. The van der Waals surface area contributed by atoms with Crippen LogP contribution in [0.1, 0.15) is 22.3 Å². The molecule has 1 aromatic carbocycles. The van der Waals surface area contributed by atoms with Gasteiger partial charge in [-0.05, 0) is 41.4 Å².